The lowest BCUT2D eigenvalue weighted by Crippen LogP contribution is -2.45. The molecule has 1 aliphatic rings. The van der Waals surface area contributed by atoms with Crippen LogP contribution in [-0.4, -0.2) is 50.9 Å². The van der Waals surface area contributed by atoms with Gasteiger partial charge in [0.2, 0.25) is 5.67 Å². The van der Waals surface area contributed by atoms with Gasteiger partial charge in [-0.15, -0.1) is 0 Å². The number of alkyl halides is 2. The lowest BCUT2D eigenvalue weighted by atomic mass is 9.96. The van der Waals surface area contributed by atoms with Crippen LogP contribution >= 0.6 is 0 Å². The molecule has 2 rings (SSSR count). The SMILES string of the molecule is O=c1ccn(C2OC(CO)[C@H](O)C2(F)C#CCF)c(=O)[nH]1. The third-order valence-corrected chi connectivity index (χ3v) is 3.08. The Morgan fingerprint density at radius 3 is 2.81 bits per heavy atom. The summed E-state index contributed by atoms with van der Waals surface area (Å²) in [6.45, 7) is -1.88. The molecule has 3 N–H and O–H groups in total. The molecule has 1 aromatic rings. The Morgan fingerprint density at radius 1 is 1.52 bits per heavy atom. The van der Waals surface area contributed by atoms with Crippen LogP contribution in [0.15, 0.2) is 21.9 Å². The Labute approximate surface area is 116 Å². The van der Waals surface area contributed by atoms with Crippen molar-refractivity contribution in [1.82, 2.24) is 9.55 Å². The number of hydrogen-bond donors (Lipinski definition) is 3. The van der Waals surface area contributed by atoms with E-state index in [4.69, 9.17) is 9.84 Å². The van der Waals surface area contributed by atoms with Crippen molar-refractivity contribution >= 4 is 0 Å². The minimum absolute atomic E-state index is 0.674. The number of aliphatic hydroxyl groups excluding tert-OH is 2. The molecule has 2 heterocycles. The van der Waals surface area contributed by atoms with E-state index in [0.717, 1.165) is 12.3 Å². The minimum atomic E-state index is -2.80. The molecular formula is C12H12F2N2O5. The van der Waals surface area contributed by atoms with E-state index in [0.29, 0.717) is 4.57 Å². The summed E-state index contributed by atoms with van der Waals surface area (Å²) in [4.78, 5) is 24.6. The van der Waals surface area contributed by atoms with E-state index in [1.165, 1.54) is 0 Å². The molecule has 0 saturated carbocycles. The topological polar surface area (TPSA) is 105 Å². The molecule has 0 spiro atoms. The van der Waals surface area contributed by atoms with Crippen LogP contribution in [-0.2, 0) is 4.74 Å². The lowest BCUT2D eigenvalue weighted by Gasteiger charge is -2.23. The molecule has 0 aromatic carbocycles. The third kappa shape index (κ3) is 2.61. The molecule has 4 atom stereocenters. The number of aromatic nitrogens is 2. The summed E-state index contributed by atoms with van der Waals surface area (Å²) >= 11 is 0. The van der Waals surface area contributed by atoms with E-state index in [2.05, 4.69) is 0 Å². The van der Waals surface area contributed by atoms with Crippen molar-refractivity contribution in [2.45, 2.75) is 24.1 Å². The Balaban J connectivity index is 2.53. The number of halogens is 2. The molecule has 1 saturated heterocycles. The fourth-order valence-electron chi connectivity index (χ4n) is 2.08. The van der Waals surface area contributed by atoms with E-state index in [9.17, 15) is 23.5 Å². The predicted molar refractivity (Wildman–Crippen MR) is 65.9 cm³/mol. The average Bonchev–Trinajstić information content (AvgIpc) is 2.70. The van der Waals surface area contributed by atoms with Crippen molar-refractivity contribution in [3.63, 3.8) is 0 Å². The molecule has 114 valence electrons. The number of nitrogens with zero attached hydrogens (tertiary/aromatic N) is 1. The van der Waals surface area contributed by atoms with Crippen LogP contribution in [0.2, 0.25) is 0 Å². The number of ether oxygens (including phenoxy) is 1. The van der Waals surface area contributed by atoms with Gasteiger partial charge in [-0.05, 0) is 0 Å². The highest BCUT2D eigenvalue weighted by atomic mass is 19.1. The van der Waals surface area contributed by atoms with E-state index < -0.39 is 48.6 Å². The fourth-order valence-corrected chi connectivity index (χ4v) is 2.08. The van der Waals surface area contributed by atoms with Crippen LogP contribution in [0, 0.1) is 11.8 Å². The monoisotopic (exact) mass is 302 g/mol. The zero-order chi connectivity index (χ0) is 15.6. The Morgan fingerprint density at radius 2 is 2.24 bits per heavy atom. The van der Waals surface area contributed by atoms with Gasteiger partial charge in [-0.1, -0.05) is 11.8 Å². The standard InChI is InChI=1S/C12H12F2N2O5/c13-4-1-3-12(14)9(19)7(6-17)21-10(12)16-5-2-8(18)15-11(16)20/h2,5,7,9-10,17,19H,4,6H2,(H,15,18,20)/t7?,9-,10?,12?/m0/s1. The molecule has 1 fully saturated rings. The summed E-state index contributed by atoms with van der Waals surface area (Å²) in [6.07, 6.45) is -3.99. The molecule has 0 bridgehead atoms. The first kappa shape index (κ1) is 15.4. The molecule has 3 unspecified atom stereocenters. The summed E-state index contributed by atoms with van der Waals surface area (Å²) in [6, 6.07) is 0.951. The van der Waals surface area contributed by atoms with E-state index >= 15 is 0 Å². The van der Waals surface area contributed by atoms with Crippen molar-refractivity contribution in [2.24, 2.45) is 0 Å². The van der Waals surface area contributed by atoms with E-state index in [1.54, 1.807) is 0 Å². The van der Waals surface area contributed by atoms with Crippen LogP contribution in [0.1, 0.15) is 6.23 Å². The molecule has 0 amide bonds. The van der Waals surface area contributed by atoms with Gasteiger partial charge < -0.3 is 14.9 Å². The maximum Gasteiger partial charge on any atom is 0.330 e. The van der Waals surface area contributed by atoms with E-state index in [1.807, 2.05) is 16.8 Å². The first-order chi connectivity index (χ1) is 9.93. The second kappa shape index (κ2) is 5.77. The molecule has 21 heavy (non-hydrogen) atoms. The Bertz CT molecular complexity index is 691. The second-order valence-corrected chi connectivity index (χ2v) is 4.38. The summed E-state index contributed by atoms with van der Waals surface area (Å²) in [5, 5.41) is 18.9. The van der Waals surface area contributed by atoms with Gasteiger partial charge in [0.25, 0.3) is 5.56 Å². The molecule has 1 aromatic heterocycles. The fraction of sp³-hybridized carbons (Fsp3) is 0.500. The third-order valence-electron chi connectivity index (χ3n) is 3.08. The highest BCUT2D eigenvalue weighted by molar-refractivity contribution is 5.23. The largest absolute Gasteiger partial charge is 0.394 e. The number of H-pyrrole nitrogens is 1. The highest BCUT2D eigenvalue weighted by Crippen LogP contribution is 2.40. The number of aliphatic hydroxyl groups is 2. The van der Waals surface area contributed by atoms with Crippen LogP contribution in [0.3, 0.4) is 0 Å². The highest BCUT2D eigenvalue weighted by Gasteiger charge is 2.57. The second-order valence-electron chi connectivity index (χ2n) is 4.38. The maximum absolute atomic E-state index is 14.9. The minimum Gasteiger partial charge on any atom is -0.394 e. The summed E-state index contributed by atoms with van der Waals surface area (Å²) < 4.78 is 32.8. The van der Waals surface area contributed by atoms with Crippen molar-refractivity contribution in [3.8, 4) is 11.8 Å². The number of hydrogen-bond acceptors (Lipinski definition) is 5. The van der Waals surface area contributed by atoms with Crippen molar-refractivity contribution in [1.29, 1.82) is 0 Å². The number of aromatic amines is 1. The molecule has 0 radical (unpaired) electrons. The number of rotatable bonds is 2. The average molecular weight is 302 g/mol. The summed E-state index contributed by atoms with van der Waals surface area (Å²) in [5.74, 6) is 3.72. The van der Waals surface area contributed by atoms with E-state index in [-0.39, 0.29) is 0 Å². The van der Waals surface area contributed by atoms with Gasteiger partial charge in [0.05, 0.1) is 6.61 Å². The van der Waals surface area contributed by atoms with Crippen LogP contribution < -0.4 is 11.2 Å². The Kier molecular flexibility index (Phi) is 4.22. The smallest absolute Gasteiger partial charge is 0.330 e. The molecule has 9 heteroatoms. The molecule has 1 aliphatic heterocycles. The van der Waals surface area contributed by atoms with Gasteiger partial charge >= 0.3 is 5.69 Å². The Hall–Kier alpha value is -2.02. The van der Waals surface area contributed by atoms with Crippen LogP contribution in [0.5, 0.6) is 0 Å². The van der Waals surface area contributed by atoms with Crippen molar-refractivity contribution in [3.05, 3.63) is 33.1 Å². The molecule has 0 aliphatic carbocycles. The predicted octanol–water partition coefficient (Wildman–Crippen LogP) is -1.53. The molecular weight excluding hydrogens is 290 g/mol. The quantitative estimate of drug-likeness (QED) is 0.575. The normalized spacial score (nSPS) is 31.7. The van der Waals surface area contributed by atoms with Crippen LogP contribution in [0.4, 0.5) is 8.78 Å². The number of nitrogens with one attached hydrogen (secondary N) is 1. The van der Waals surface area contributed by atoms with Gasteiger partial charge in [-0.2, -0.15) is 0 Å². The summed E-state index contributed by atoms with van der Waals surface area (Å²) in [5.41, 5.74) is -4.49. The first-order valence-electron chi connectivity index (χ1n) is 5.94. The summed E-state index contributed by atoms with van der Waals surface area (Å²) in [7, 11) is 0. The zero-order valence-corrected chi connectivity index (χ0v) is 10.6. The first-order valence-corrected chi connectivity index (χ1v) is 5.94. The maximum atomic E-state index is 14.9. The molecule has 7 nitrogen and oxygen atoms in total. The van der Waals surface area contributed by atoms with Gasteiger partial charge in [-0.3, -0.25) is 14.3 Å². The van der Waals surface area contributed by atoms with Gasteiger partial charge in [0.1, 0.15) is 18.9 Å². The van der Waals surface area contributed by atoms with Gasteiger partial charge in [-0.25, -0.2) is 13.6 Å². The lowest BCUT2D eigenvalue weighted by molar-refractivity contribution is -0.0543. The van der Waals surface area contributed by atoms with Gasteiger partial charge in [0.15, 0.2) is 6.23 Å². The van der Waals surface area contributed by atoms with Gasteiger partial charge in [0, 0.05) is 12.3 Å². The van der Waals surface area contributed by atoms with Crippen molar-refractivity contribution in [2.75, 3.05) is 13.3 Å². The zero-order valence-electron chi connectivity index (χ0n) is 10.6. The van der Waals surface area contributed by atoms with Crippen LogP contribution in [0.25, 0.3) is 0 Å². The van der Waals surface area contributed by atoms with Crippen molar-refractivity contribution < 1.29 is 23.7 Å².